The number of hydrogen-bond donors (Lipinski definition) is 0. The first kappa shape index (κ1) is 22.1. The van der Waals surface area contributed by atoms with E-state index in [-0.39, 0.29) is 24.2 Å². The van der Waals surface area contributed by atoms with Gasteiger partial charge in [0, 0.05) is 57.7 Å². The van der Waals surface area contributed by atoms with E-state index in [1.54, 1.807) is 12.0 Å². The maximum Gasteiger partial charge on any atom is 0.227 e. The van der Waals surface area contributed by atoms with Gasteiger partial charge in [0.15, 0.2) is 0 Å². The summed E-state index contributed by atoms with van der Waals surface area (Å²) in [6, 6.07) is 9.87. The quantitative estimate of drug-likeness (QED) is 0.696. The molecule has 0 N–H and O–H groups in total. The summed E-state index contributed by atoms with van der Waals surface area (Å²) < 4.78 is 5.45. The van der Waals surface area contributed by atoms with Gasteiger partial charge < -0.3 is 19.4 Å². The van der Waals surface area contributed by atoms with Crippen LogP contribution in [-0.2, 0) is 9.59 Å². The van der Waals surface area contributed by atoms with E-state index in [9.17, 15) is 9.59 Å². The van der Waals surface area contributed by atoms with Crippen molar-refractivity contribution in [3.05, 3.63) is 48.3 Å². The normalized spacial score (nSPS) is 19.3. The average Bonchev–Trinajstić information content (AvgIpc) is 3.21. The van der Waals surface area contributed by atoms with Gasteiger partial charge in [-0.3, -0.25) is 14.6 Å². The van der Waals surface area contributed by atoms with Crippen LogP contribution in [0.2, 0.25) is 0 Å². The van der Waals surface area contributed by atoms with Crippen molar-refractivity contribution in [3.8, 4) is 5.75 Å². The zero-order chi connectivity index (χ0) is 22.7. The van der Waals surface area contributed by atoms with Gasteiger partial charge >= 0.3 is 0 Å². The van der Waals surface area contributed by atoms with Crippen LogP contribution in [0.25, 0.3) is 0 Å². The summed E-state index contributed by atoms with van der Waals surface area (Å²) in [6.45, 7) is 5.10. The van der Waals surface area contributed by atoms with Gasteiger partial charge in [-0.05, 0) is 55.5 Å². The van der Waals surface area contributed by atoms with E-state index in [4.69, 9.17) is 4.74 Å². The van der Waals surface area contributed by atoms with Crippen molar-refractivity contribution in [1.29, 1.82) is 0 Å². The highest BCUT2D eigenvalue weighted by molar-refractivity contribution is 6.01. The topological polar surface area (TPSA) is 66.0 Å². The minimum Gasteiger partial charge on any atom is -0.495 e. The molecule has 4 rings (SSSR count). The minimum absolute atomic E-state index is 0.0219. The van der Waals surface area contributed by atoms with Gasteiger partial charge in [-0.2, -0.15) is 0 Å². The Kier molecular flexibility index (Phi) is 6.63. The second kappa shape index (κ2) is 9.59. The van der Waals surface area contributed by atoms with E-state index in [0.29, 0.717) is 18.2 Å². The van der Waals surface area contributed by atoms with Crippen LogP contribution in [0.5, 0.6) is 5.75 Å². The molecule has 7 nitrogen and oxygen atoms in total. The highest BCUT2D eigenvalue weighted by Gasteiger charge is 2.38. The van der Waals surface area contributed by atoms with Crippen LogP contribution >= 0.6 is 0 Å². The maximum absolute atomic E-state index is 13.1. The Bertz CT molecular complexity index is 957. The Labute approximate surface area is 190 Å². The summed E-state index contributed by atoms with van der Waals surface area (Å²) in [5.41, 5.74) is 3.01. The van der Waals surface area contributed by atoms with Gasteiger partial charge in [0.2, 0.25) is 11.8 Å². The molecule has 1 atom stereocenters. The molecule has 3 heterocycles. The molecule has 0 spiro atoms. The number of pyridine rings is 1. The first-order valence-electron chi connectivity index (χ1n) is 11.3. The van der Waals surface area contributed by atoms with E-state index in [1.807, 2.05) is 61.6 Å². The minimum atomic E-state index is -0.311. The van der Waals surface area contributed by atoms with Crippen molar-refractivity contribution in [2.24, 2.45) is 11.8 Å². The Hall–Kier alpha value is -3.09. The van der Waals surface area contributed by atoms with Gasteiger partial charge in [0.25, 0.3) is 0 Å². The number of ether oxygens (including phenoxy) is 1. The lowest BCUT2D eigenvalue weighted by Crippen LogP contribution is -2.41. The van der Waals surface area contributed by atoms with Crippen LogP contribution in [0.1, 0.15) is 24.8 Å². The van der Waals surface area contributed by atoms with Crippen LogP contribution in [-0.4, -0.2) is 62.0 Å². The third-order valence-electron chi connectivity index (χ3n) is 6.65. The van der Waals surface area contributed by atoms with Crippen LogP contribution < -0.4 is 14.5 Å². The first-order valence-corrected chi connectivity index (χ1v) is 11.3. The zero-order valence-corrected chi connectivity index (χ0v) is 19.2. The number of aryl methyl sites for hydroxylation is 1. The number of rotatable bonds is 6. The summed E-state index contributed by atoms with van der Waals surface area (Å²) in [7, 11) is 3.48. The summed E-state index contributed by atoms with van der Waals surface area (Å²) in [5.74, 6) is 0.864. The first-order chi connectivity index (χ1) is 15.5. The molecule has 2 fully saturated rings. The molecule has 1 aromatic carbocycles. The Balaban J connectivity index is 1.33. The number of carbonyl (C=O) groups excluding carboxylic acids is 2. The van der Waals surface area contributed by atoms with E-state index >= 15 is 0 Å². The van der Waals surface area contributed by atoms with E-state index in [1.165, 1.54) is 5.69 Å². The van der Waals surface area contributed by atoms with Gasteiger partial charge in [-0.15, -0.1) is 0 Å². The number of carbonyl (C=O) groups is 2. The van der Waals surface area contributed by atoms with E-state index < -0.39 is 0 Å². The lowest BCUT2D eigenvalue weighted by molar-refractivity contribution is -0.135. The van der Waals surface area contributed by atoms with Crippen LogP contribution in [0.15, 0.2) is 42.7 Å². The SMILES string of the molecule is COc1ccc(C)cc1N1C[C@H](C(=O)N(C)CC2CCN(c3ccncc3)CC2)CC1=O. The van der Waals surface area contributed by atoms with Crippen molar-refractivity contribution in [2.45, 2.75) is 26.2 Å². The third-order valence-corrected chi connectivity index (χ3v) is 6.65. The lowest BCUT2D eigenvalue weighted by atomic mass is 9.95. The number of hydrogen-bond acceptors (Lipinski definition) is 5. The molecule has 0 aliphatic carbocycles. The van der Waals surface area contributed by atoms with Gasteiger partial charge in [0.1, 0.15) is 5.75 Å². The molecule has 32 heavy (non-hydrogen) atoms. The summed E-state index contributed by atoms with van der Waals surface area (Å²) in [4.78, 5) is 35.9. The molecule has 0 radical (unpaired) electrons. The van der Waals surface area contributed by atoms with Crippen LogP contribution in [0, 0.1) is 18.8 Å². The number of anilines is 2. The smallest absolute Gasteiger partial charge is 0.227 e. The number of amides is 2. The molecule has 2 aliphatic heterocycles. The number of piperidine rings is 1. The predicted octanol–water partition coefficient (Wildman–Crippen LogP) is 3.13. The second-order valence-corrected chi connectivity index (χ2v) is 8.94. The average molecular weight is 437 g/mol. The van der Waals surface area contributed by atoms with Crippen molar-refractivity contribution in [1.82, 2.24) is 9.88 Å². The number of nitrogens with zero attached hydrogens (tertiary/aromatic N) is 4. The molecule has 2 amide bonds. The van der Waals surface area contributed by atoms with Crippen LogP contribution in [0.3, 0.4) is 0 Å². The molecule has 0 unspecified atom stereocenters. The number of methoxy groups -OCH3 is 1. The van der Waals surface area contributed by atoms with Crippen molar-refractivity contribution in [3.63, 3.8) is 0 Å². The largest absolute Gasteiger partial charge is 0.495 e. The number of benzene rings is 1. The molecular weight excluding hydrogens is 404 g/mol. The Morgan fingerprint density at radius 2 is 1.91 bits per heavy atom. The summed E-state index contributed by atoms with van der Waals surface area (Å²) in [6.07, 6.45) is 6.01. The second-order valence-electron chi connectivity index (χ2n) is 8.94. The molecule has 0 saturated carbocycles. The monoisotopic (exact) mass is 436 g/mol. The molecule has 2 aliphatic rings. The lowest BCUT2D eigenvalue weighted by Gasteiger charge is -2.35. The maximum atomic E-state index is 13.1. The van der Waals surface area contributed by atoms with Crippen molar-refractivity contribution in [2.75, 3.05) is 50.1 Å². The molecule has 170 valence electrons. The standard InChI is InChI=1S/C25H32N4O3/c1-18-4-5-23(32-3)22(14-18)29-17-20(15-24(29)30)25(31)27(2)16-19-8-12-28(13-9-19)21-6-10-26-11-7-21/h4-7,10-11,14,19-20H,8-9,12-13,15-17H2,1-3H3/t20-/m1/s1. The Morgan fingerprint density at radius 3 is 2.59 bits per heavy atom. The van der Waals surface area contributed by atoms with E-state index in [0.717, 1.165) is 43.7 Å². The summed E-state index contributed by atoms with van der Waals surface area (Å²) in [5, 5.41) is 0. The predicted molar refractivity (Wildman–Crippen MR) is 125 cm³/mol. The molecule has 7 heteroatoms. The van der Waals surface area contributed by atoms with Crippen LogP contribution in [0.4, 0.5) is 11.4 Å². The number of aromatic nitrogens is 1. The fourth-order valence-corrected chi connectivity index (χ4v) is 4.83. The zero-order valence-electron chi connectivity index (χ0n) is 19.2. The highest BCUT2D eigenvalue weighted by Crippen LogP contribution is 2.34. The summed E-state index contributed by atoms with van der Waals surface area (Å²) >= 11 is 0. The molecular formula is C25H32N4O3. The molecule has 0 bridgehead atoms. The van der Waals surface area contributed by atoms with Crippen molar-refractivity contribution >= 4 is 23.2 Å². The fourth-order valence-electron chi connectivity index (χ4n) is 4.83. The molecule has 1 aromatic heterocycles. The van der Waals surface area contributed by atoms with Gasteiger partial charge in [0.05, 0.1) is 18.7 Å². The third kappa shape index (κ3) is 4.71. The van der Waals surface area contributed by atoms with E-state index in [2.05, 4.69) is 9.88 Å². The van der Waals surface area contributed by atoms with Gasteiger partial charge in [-0.25, -0.2) is 0 Å². The Morgan fingerprint density at radius 1 is 1.19 bits per heavy atom. The highest BCUT2D eigenvalue weighted by atomic mass is 16.5. The van der Waals surface area contributed by atoms with Crippen molar-refractivity contribution < 1.29 is 14.3 Å². The fraction of sp³-hybridized carbons (Fsp3) is 0.480. The molecule has 2 aromatic rings. The molecule has 2 saturated heterocycles. The van der Waals surface area contributed by atoms with Gasteiger partial charge in [-0.1, -0.05) is 6.07 Å².